The normalized spacial score (nSPS) is 11.2. The maximum Gasteiger partial charge on any atom is 0.0434 e. The van der Waals surface area contributed by atoms with Crippen molar-refractivity contribution in [3.8, 4) is 11.8 Å². The Bertz CT molecular complexity index is 1590. The fraction of sp³-hybridized carbons (Fsp3) is 0. The van der Waals surface area contributed by atoms with Crippen LogP contribution in [0.25, 0.3) is 41.7 Å². The maximum atomic E-state index is 3.32. The van der Waals surface area contributed by atoms with E-state index in [2.05, 4.69) is 78.6 Å². The zero-order valence-corrected chi connectivity index (χ0v) is 16.5. The molecule has 0 spiro atoms. The molecule has 6 aromatic rings. The summed E-state index contributed by atoms with van der Waals surface area (Å²) in [6.07, 6.45) is 0. The molecule has 0 N–H and O–H groups in total. The highest BCUT2D eigenvalue weighted by Crippen LogP contribution is 2.40. The van der Waals surface area contributed by atoms with Gasteiger partial charge in [-0.1, -0.05) is 84.6 Å². The number of rotatable bonds is 0. The minimum Gasteiger partial charge on any atom is -0.134 e. The first-order chi connectivity index (χ1) is 14.4. The van der Waals surface area contributed by atoms with Crippen molar-refractivity contribution in [2.45, 2.75) is 0 Å². The van der Waals surface area contributed by atoms with E-state index in [0.29, 0.717) is 0 Å². The second-order valence-corrected chi connectivity index (χ2v) is 8.31. The summed E-state index contributed by atoms with van der Waals surface area (Å²) < 4.78 is 2.65. The molecule has 0 unspecified atom stereocenters. The van der Waals surface area contributed by atoms with E-state index in [4.69, 9.17) is 0 Å². The van der Waals surface area contributed by atoms with Crippen molar-refractivity contribution in [2.75, 3.05) is 0 Å². The molecule has 134 valence electrons. The molecule has 0 nitrogen and oxygen atoms in total. The van der Waals surface area contributed by atoms with E-state index in [-0.39, 0.29) is 0 Å². The Labute approximate surface area is 173 Å². The summed E-state index contributed by atoms with van der Waals surface area (Å²) in [5.74, 6) is 6.58. The Morgan fingerprint density at radius 3 is 2.10 bits per heavy atom. The van der Waals surface area contributed by atoms with E-state index >= 15 is 0 Å². The van der Waals surface area contributed by atoms with Gasteiger partial charge in [0.2, 0.25) is 0 Å². The molecule has 0 aliphatic rings. The van der Waals surface area contributed by atoms with Gasteiger partial charge < -0.3 is 0 Å². The minimum atomic E-state index is 1.04. The Morgan fingerprint density at radius 1 is 0.483 bits per heavy atom. The van der Waals surface area contributed by atoms with Crippen LogP contribution in [-0.4, -0.2) is 0 Å². The highest BCUT2D eigenvalue weighted by Gasteiger charge is 2.10. The third-order valence-corrected chi connectivity index (χ3v) is 6.69. The third kappa shape index (κ3) is 2.70. The molecule has 0 saturated heterocycles. The predicted molar refractivity (Wildman–Crippen MR) is 127 cm³/mol. The lowest BCUT2D eigenvalue weighted by Crippen LogP contribution is -1.78. The minimum absolute atomic E-state index is 1.04. The van der Waals surface area contributed by atoms with Crippen molar-refractivity contribution >= 4 is 53.1 Å². The monoisotopic (exact) mass is 384 g/mol. The molecule has 0 fully saturated rings. The summed E-state index contributed by atoms with van der Waals surface area (Å²) >= 11 is 1.87. The number of benzene rings is 5. The molecule has 0 aliphatic heterocycles. The van der Waals surface area contributed by atoms with Crippen molar-refractivity contribution in [3.05, 3.63) is 108 Å². The molecule has 0 radical (unpaired) electrons. The van der Waals surface area contributed by atoms with Crippen molar-refractivity contribution in [1.82, 2.24) is 0 Å². The Kier molecular flexibility index (Phi) is 3.66. The Balaban J connectivity index is 1.56. The van der Waals surface area contributed by atoms with E-state index in [1.165, 1.54) is 41.7 Å². The fourth-order valence-electron chi connectivity index (χ4n) is 4.07. The summed E-state index contributed by atoms with van der Waals surface area (Å²) in [4.78, 5) is 0. The highest BCUT2D eigenvalue weighted by atomic mass is 32.1. The van der Waals surface area contributed by atoms with Gasteiger partial charge in [-0.15, -0.1) is 11.3 Å². The number of thiophene rings is 1. The van der Waals surface area contributed by atoms with E-state index in [1.807, 2.05) is 41.7 Å². The zero-order valence-electron chi connectivity index (χ0n) is 15.6. The summed E-state index contributed by atoms with van der Waals surface area (Å²) in [5, 5.41) is 7.91. The molecule has 1 heteroatoms. The van der Waals surface area contributed by atoms with E-state index in [0.717, 1.165) is 11.1 Å². The average molecular weight is 385 g/mol. The molecule has 0 saturated carbocycles. The Morgan fingerprint density at radius 2 is 1.17 bits per heavy atom. The second-order valence-electron chi connectivity index (χ2n) is 7.25. The van der Waals surface area contributed by atoms with E-state index in [9.17, 15) is 0 Å². The zero-order chi connectivity index (χ0) is 19.2. The average Bonchev–Trinajstić information content (AvgIpc) is 3.16. The SMILES string of the molecule is C(#Cc1ccc2c(c1)sc1c2ccc2c3ccccc3ccc21)c1ccccc1. The predicted octanol–water partition coefficient (Wildman–Crippen LogP) is 7.76. The molecule has 0 bridgehead atoms. The van der Waals surface area contributed by atoms with Crippen molar-refractivity contribution in [1.29, 1.82) is 0 Å². The molecular weight excluding hydrogens is 368 g/mol. The van der Waals surface area contributed by atoms with Crippen LogP contribution in [0.5, 0.6) is 0 Å². The summed E-state index contributed by atoms with van der Waals surface area (Å²) in [5.41, 5.74) is 2.10. The van der Waals surface area contributed by atoms with E-state index < -0.39 is 0 Å². The number of fused-ring (bicyclic) bond motifs is 7. The molecule has 6 rings (SSSR count). The van der Waals surface area contributed by atoms with Crippen LogP contribution in [0.15, 0.2) is 97.1 Å². The van der Waals surface area contributed by atoms with Gasteiger partial charge in [-0.05, 0) is 40.4 Å². The van der Waals surface area contributed by atoms with Gasteiger partial charge in [-0.3, -0.25) is 0 Å². The first-order valence-corrected chi connectivity index (χ1v) is 10.5. The van der Waals surface area contributed by atoms with Gasteiger partial charge in [0.15, 0.2) is 0 Å². The molecule has 29 heavy (non-hydrogen) atoms. The van der Waals surface area contributed by atoms with Crippen molar-refractivity contribution < 1.29 is 0 Å². The quantitative estimate of drug-likeness (QED) is 0.185. The van der Waals surface area contributed by atoms with Crippen LogP contribution in [0.1, 0.15) is 11.1 Å². The molecule has 5 aromatic carbocycles. The van der Waals surface area contributed by atoms with Crippen molar-refractivity contribution in [2.24, 2.45) is 0 Å². The molecular formula is C28H16S. The standard InChI is InChI=1S/C28H16S/c1-2-6-19(7-3-1)10-11-20-12-14-24-26-17-16-23-22-9-5-4-8-21(22)13-15-25(23)28(26)29-27(24)18-20/h1-9,12-18H. The first kappa shape index (κ1) is 16.4. The lowest BCUT2D eigenvalue weighted by molar-refractivity contribution is 1.64. The summed E-state index contributed by atoms with van der Waals surface area (Å²) in [6, 6.07) is 34.4. The van der Waals surface area contributed by atoms with Gasteiger partial charge in [0.1, 0.15) is 0 Å². The molecule has 0 aliphatic carbocycles. The smallest absolute Gasteiger partial charge is 0.0434 e. The van der Waals surface area contributed by atoms with Gasteiger partial charge in [-0.2, -0.15) is 0 Å². The van der Waals surface area contributed by atoms with Crippen LogP contribution < -0.4 is 0 Å². The largest absolute Gasteiger partial charge is 0.134 e. The maximum absolute atomic E-state index is 3.32. The lowest BCUT2D eigenvalue weighted by Gasteiger charge is -2.04. The molecule has 1 aromatic heterocycles. The number of hydrogen-bond acceptors (Lipinski definition) is 1. The summed E-state index contributed by atoms with van der Waals surface area (Å²) in [6.45, 7) is 0. The topological polar surface area (TPSA) is 0 Å². The van der Waals surface area contributed by atoms with Gasteiger partial charge in [0.25, 0.3) is 0 Å². The van der Waals surface area contributed by atoms with Crippen LogP contribution in [0.3, 0.4) is 0 Å². The fourth-order valence-corrected chi connectivity index (χ4v) is 5.34. The highest BCUT2D eigenvalue weighted by molar-refractivity contribution is 7.26. The van der Waals surface area contributed by atoms with Crippen molar-refractivity contribution in [3.63, 3.8) is 0 Å². The van der Waals surface area contributed by atoms with Crippen LogP contribution in [0.4, 0.5) is 0 Å². The van der Waals surface area contributed by atoms with Crippen LogP contribution in [0, 0.1) is 11.8 Å². The van der Waals surface area contributed by atoms with Crippen LogP contribution in [-0.2, 0) is 0 Å². The molecule has 0 amide bonds. The molecule has 1 heterocycles. The number of hydrogen-bond donors (Lipinski definition) is 0. The lowest BCUT2D eigenvalue weighted by atomic mass is 10.00. The second kappa shape index (κ2) is 6.48. The summed E-state index contributed by atoms with van der Waals surface area (Å²) in [7, 11) is 0. The third-order valence-electron chi connectivity index (χ3n) is 5.49. The van der Waals surface area contributed by atoms with Crippen LogP contribution in [0.2, 0.25) is 0 Å². The van der Waals surface area contributed by atoms with Gasteiger partial charge >= 0.3 is 0 Å². The Hall–Kier alpha value is -3.60. The van der Waals surface area contributed by atoms with Gasteiger partial charge in [0, 0.05) is 36.7 Å². The van der Waals surface area contributed by atoms with Crippen LogP contribution >= 0.6 is 11.3 Å². The van der Waals surface area contributed by atoms with Gasteiger partial charge in [0.05, 0.1) is 0 Å². The first-order valence-electron chi connectivity index (χ1n) is 9.71. The van der Waals surface area contributed by atoms with E-state index in [1.54, 1.807) is 0 Å². The van der Waals surface area contributed by atoms with Gasteiger partial charge in [-0.25, -0.2) is 0 Å². The molecule has 0 atom stereocenters.